The Morgan fingerprint density at radius 1 is 1.35 bits per heavy atom. The first-order valence-electron chi connectivity index (χ1n) is 5.93. The molecule has 0 saturated carbocycles. The van der Waals surface area contributed by atoms with Gasteiger partial charge in [0.1, 0.15) is 0 Å². The number of carbonyl (C=O) groups is 1. The maximum Gasteiger partial charge on any atom is 0.236 e. The summed E-state index contributed by atoms with van der Waals surface area (Å²) >= 11 is 1.79. The zero-order valence-electron chi connectivity index (χ0n) is 10.4. The predicted molar refractivity (Wildman–Crippen MR) is 73.3 cm³/mol. The smallest absolute Gasteiger partial charge is 0.236 e. The Hall–Kier alpha value is -1.00. The fourth-order valence-electron chi connectivity index (χ4n) is 1.38. The van der Waals surface area contributed by atoms with Crippen LogP contribution >= 0.6 is 11.8 Å². The van der Waals surface area contributed by atoms with Crippen LogP contribution < -0.4 is 10.6 Å². The van der Waals surface area contributed by atoms with Crippen molar-refractivity contribution in [1.29, 1.82) is 0 Å². The molecule has 1 unspecified atom stereocenters. The minimum absolute atomic E-state index is 0.0669. The zero-order chi connectivity index (χ0) is 12.5. The summed E-state index contributed by atoms with van der Waals surface area (Å²) in [5.74, 6) is 1.03. The van der Waals surface area contributed by atoms with Gasteiger partial charge >= 0.3 is 0 Å². The van der Waals surface area contributed by atoms with E-state index in [0.717, 1.165) is 12.3 Å². The molecule has 0 saturated heterocycles. The quantitative estimate of drug-likeness (QED) is 0.575. The molecule has 2 N–H and O–H groups in total. The topological polar surface area (TPSA) is 41.1 Å². The first-order valence-corrected chi connectivity index (χ1v) is 6.91. The highest BCUT2D eigenvalue weighted by Gasteiger charge is 2.09. The summed E-state index contributed by atoms with van der Waals surface area (Å²) in [7, 11) is 0. The summed E-state index contributed by atoms with van der Waals surface area (Å²) in [6.07, 6.45) is 0. The molecule has 0 aliphatic rings. The molecule has 4 heteroatoms. The van der Waals surface area contributed by atoms with Crippen molar-refractivity contribution >= 4 is 17.7 Å². The molecule has 17 heavy (non-hydrogen) atoms. The van der Waals surface area contributed by atoms with E-state index in [1.165, 1.54) is 4.90 Å². The number of benzene rings is 1. The highest BCUT2D eigenvalue weighted by molar-refractivity contribution is 7.99. The maximum atomic E-state index is 11.4. The van der Waals surface area contributed by atoms with Gasteiger partial charge in [0.25, 0.3) is 0 Å². The lowest BCUT2D eigenvalue weighted by atomic mass is 10.3. The van der Waals surface area contributed by atoms with Gasteiger partial charge in [-0.05, 0) is 26.0 Å². The Labute approximate surface area is 107 Å². The summed E-state index contributed by atoms with van der Waals surface area (Å²) in [4.78, 5) is 12.7. The maximum absolute atomic E-state index is 11.4. The first-order chi connectivity index (χ1) is 8.24. The van der Waals surface area contributed by atoms with Crippen molar-refractivity contribution in [2.75, 3.05) is 18.8 Å². The molecule has 1 aromatic rings. The van der Waals surface area contributed by atoms with E-state index in [4.69, 9.17) is 0 Å². The molecule has 1 amide bonds. The van der Waals surface area contributed by atoms with Crippen molar-refractivity contribution in [1.82, 2.24) is 10.6 Å². The van der Waals surface area contributed by atoms with Crippen molar-refractivity contribution in [3.63, 3.8) is 0 Å². The Kier molecular flexibility index (Phi) is 6.74. The largest absolute Gasteiger partial charge is 0.355 e. The predicted octanol–water partition coefficient (Wildman–Crippen LogP) is 1.89. The first kappa shape index (κ1) is 14.1. The van der Waals surface area contributed by atoms with Gasteiger partial charge in [-0.2, -0.15) is 0 Å². The van der Waals surface area contributed by atoms with Crippen molar-refractivity contribution in [2.45, 2.75) is 24.8 Å². The average molecular weight is 252 g/mol. The van der Waals surface area contributed by atoms with Crippen LogP contribution in [-0.4, -0.2) is 30.8 Å². The molecular formula is C13H20N2OS. The van der Waals surface area contributed by atoms with Crippen molar-refractivity contribution in [3.8, 4) is 0 Å². The van der Waals surface area contributed by atoms with Gasteiger partial charge in [0.15, 0.2) is 0 Å². The lowest BCUT2D eigenvalue weighted by Crippen LogP contribution is -2.42. The number of thioether (sulfide) groups is 1. The van der Waals surface area contributed by atoms with Crippen LogP contribution in [0.1, 0.15) is 13.8 Å². The van der Waals surface area contributed by atoms with Gasteiger partial charge in [0.2, 0.25) is 5.91 Å². The van der Waals surface area contributed by atoms with Gasteiger partial charge in [-0.15, -0.1) is 11.8 Å². The Bertz CT molecular complexity index is 329. The summed E-state index contributed by atoms with van der Waals surface area (Å²) in [5, 5.41) is 6.00. The van der Waals surface area contributed by atoms with Crippen LogP contribution in [0.25, 0.3) is 0 Å². The second-order valence-electron chi connectivity index (χ2n) is 3.73. The SMILES string of the molecule is CCNC(=O)C(C)NCCSc1ccccc1. The van der Waals surface area contributed by atoms with Crippen molar-refractivity contribution in [3.05, 3.63) is 30.3 Å². The van der Waals surface area contributed by atoms with Gasteiger partial charge in [-0.3, -0.25) is 4.79 Å². The monoisotopic (exact) mass is 252 g/mol. The summed E-state index contributed by atoms with van der Waals surface area (Å²) < 4.78 is 0. The van der Waals surface area contributed by atoms with Crippen LogP contribution in [0, 0.1) is 0 Å². The van der Waals surface area contributed by atoms with Crippen LogP contribution in [0.2, 0.25) is 0 Å². The standard InChI is InChI=1S/C13H20N2OS/c1-3-14-13(16)11(2)15-9-10-17-12-7-5-4-6-8-12/h4-8,11,15H,3,9-10H2,1-2H3,(H,14,16). The third kappa shape index (κ3) is 5.75. The van der Waals surface area contributed by atoms with E-state index in [-0.39, 0.29) is 11.9 Å². The summed E-state index contributed by atoms with van der Waals surface area (Å²) in [6, 6.07) is 10.2. The molecule has 0 radical (unpaired) electrons. The van der Waals surface area contributed by atoms with E-state index in [1.54, 1.807) is 11.8 Å². The lowest BCUT2D eigenvalue weighted by Gasteiger charge is -2.12. The molecule has 3 nitrogen and oxygen atoms in total. The molecule has 0 aromatic heterocycles. The average Bonchev–Trinajstić information content (AvgIpc) is 2.36. The van der Waals surface area contributed by atoms with Gasteiger partial charge in [-0.25, -0.2) is 0 Å². The van der Waals surface area contributed by atoms with Crippen LogP contribution in [0.4, 0.5) is 0 Å². The second-order valence-corrected chi connectivity index (χ2v) is 4.90. The molecular weight excluding hydrogens is 232 g/mol. The molecule has 0 heterocycles. The minimum Gasteiger partial charge on any atom is -0.355 e. The molecule has 0 fully saturated rings. The molecule has 0 bridgehead atoms. The van der Waals surface area contributed by atoms with E-state index in [0.29, 0.717) is 6.54 Å². The number of carbonyl (C=O) groups excluding carboxylic acids is 1. The normalized spacial score (nSPS) is 12.1. The summed E-state index contributed by atoms with van der Waals surface area (Å²) in [5.41, 5.74) is 0. The molecule has 0 spiro atoms. The van der Waals surface area contributed by atoms with Gasteiger partial charge in [0, 0.05) is 23.7 Å². The summed E-state index contributed by atoms with van der Waals surface area (Å²) in [6.45, 7) is 5.33. The third-order valence-electron chi connectivity index (χ3n) is 2.31. The highest BCUT2D eigenvalue weighted by atomic mass is 32.2. The van der Waals surface area contributed by atoms with E-state index in [2.05, 4.69) is 22.8 Å². The van der Waals surface area contributed by atoms with Crippen LogP contribution in [0.15, 0.2) is 35.2 Å². The number of nitrogens with one attached hydrogen (secondary N) is 2. The van der Waals surface area contributed by atoms with Crippen LogP contribution in [0.5, 0.6) is 0 Å². The molecule has 1 aromatic carbocycles. The van der Waals surface area contributed by atoms with Gasteiger partial charge in [0.05, 0.1) is 6.04 Å². The van der Waals surface area contributed by atoms with Crippen molar-refractivity contribution in [2.24, 2.45) is 0 Å². The highest BCUT2D eigenvalue weighted by Crippen LogP contribution is 2.15. The molecule has 0 aliphatic carbocycles. The Balaban J connectivity index is 2.14. The minimum atomic E-state index is -0.119. The molecule has 0 aliphatic heterocycles. The number of rotatable bonds is 7. The van der Waals surface area contributed by atoms with Gasteiger partial charge in [-0.1, -0.05) is 18.2 Å². The zero-order valence-corrected chi connectivity index (χ0v) is 11.2. The van der Waals surface area contributed by atoms with E-state index < -0.39 is 0 Å². The number of likely N-dealkylation sites (N-methyl/N-ethyl adjacent to an activating group) is 1. The number of amides is 1. The van der Waals surface area contributed by atoms with E-state index in [1.807, 2.05) is 32.0 Å². The molecule has 1 rings (SSSR count). The fraction of sp³-hybridized carbons (Fsp3) is 0.462. The number of hydrogen-bond donors (Lipinski definition) is 2. The van der Waals surface area contributed by atoms with Crippen LogP contribution in [-0.2, 0) is 4.79 Å². The fourth-order valence-corrected chi connectivity index (χ4v) is 2.19. The second kappa shape index (κ2) is 8.14. The lowest BCUT2D eigenvalue weighted by molar-refractivity contribution is -0.122. The van der Waals surface area contributed by atoms with E-state index >= 15 is 0 Å². The van der Waals surface area contributed by atoms with Crippen molar-refractivity contribution < 1.29 is 4.79 Å². The van der Waals surface area contributed by atoms with E-state index in [9.17, 15) is 4.79 Å². The number of hydrogen-bond acceptors (Lipinski definition) is 3. The third-order valence-corrected chi connectivity index (χ3v) is 3.32. The molecule has 1 atom stereocenters. The Morgan fingerprint density at radius 3 is 2.71 bits per heavy atom. The van der Waals surface area contributed by atoms with Crippen LogP contribution in [0.3, 0.4) is 0 Å². The molecule has 94 valence electrons. The van der Waals surface area contributed by atoms with Gasteiger partial charge < -0.3 is 10.6 Å². The Morgan fingerprint density at radius 2 is 2.06 bits per heavy atom.